The van der Waals surface area contributed by atoms with Gasteiger partial charge in [-0.3, -0.25) is 14.9 Å². The Bertz CT molecular complexity index is 1260. The quantitative estimate of drug-likeness (QED) is 0.354. The Hall–Kier alpha value is -3.34. The molecule has 3 atom stereocenters. The Balaban J connectivity index is 1.07. The maximum absolute atomic E-state index is 13.3. The fraction of sp³-hybridized carbons (Fsp3) is 0.567. The molecule has 11 heteroatoms. The number of carbonyl (C=O) groups excluding carboxylic acids is 1. The lowest BCUT2D eigenvalue weighted by atomic mass is 9.87. The van der Waals surface area contributed by atoms with Crippen LogP contribution in [0.5, 0.6) is 0 Å². The van der Waals surface area contributed by atoms with E-state index in [2.05, 4.69) is 60.2 Å². The van der Waals surface area contributed by atoms with Crippen molar-refractivity contribution in [3.63, 3.8) is 0 Å². The van der Waals surface area contributed by atoms with Gasteiger partial charge in [-0.05, 0) is 53.5 Å². The molecule has 3 fully saturated rings. The molecule has 1 amide bonds. The van der Waals surface area contributed by atoms with Crippen LogP contribution in [0.15, 0.2) is 42.5 Å². The zero-order valence-corrected chi connectivity index (χ0v) is 23.8. The van der Waals surface area contributed by atoms with Crippen molar-refractivity contribution >= 4 is 23.0 Å². The first-order valence-corrected chi connectivity index (χ1v) is 14.3. The lowest BCUT2D eigenvalue weighted by Gasteiger charge is -2.25. The zero-order chi connectivity index (χ0) is 29.5. The van der Waals surface area contributed by atoms with Crippen LogP contribution < -0.4 is 10.2 Å². The summed E-state index contributed by atoms with van der Waals surface area (Å²) < 4.78 is 39.9. The van der Waals surface area contributed by atoms with Gasteiger partial charge in [0.25, 0.3) is 5.69 Å². The maximum atomic E-state index is 13.3. The van der Waals surface area contributed by atoms with Gasteiger partial charge in [-0.2, -0.15) is 13.2 Å². The summed E-state index contributed by atoms with van der Waals surface area (Å²) in [7, 11) is 0. The maximum Gasteiger partial charge on any atom is 0.423 e. The normalized spacial score (nSPS) is 23.2. The summed E-state index contributed by atoms with van der Waals surface area (Å²) in [6, 6.07) is 11.6. The van der Waals surface area contributed by atoms with Gasteiger partial charge in [0.1, 0.15) is 5.56 Å². The van der Waals surface area contributed by atoms with Crippen LogP contribution in [0, 0.1) is 22.0 Å². The fourth-order valence-corrected chi connectivity index (χ4v) is 6.42. The van der Waals surface area contributed by atoms with Crippen LogP contribution in [0.4, 0.5) is 30.2 Å². The third kappa shape index (κ3) is 6.60. The molecule has 2 aromatic rings. The van der Waals surface area contributed by atoms with Crippen molar-refractivity contribution in [3.8, 4) is 0 Å². The molecule has 2 unspecified atom stereocenters. The van der Waals surface area contributed by atoms with Crippen LogP contribution in [0.25, 0.3) is 0 Å². The first kappa shape index (κ1) is 29.2. The van der Waals surface area contributed by atoms with Crippen molar-refractivity contribution in [3.05, 3.63) is 63.7 Å². The fourth-order valence-electron chi connectivity index (χ4n) is 6.42. The lowest BCUT2D eigenvalue weighted by Crippen LogP contribution is -2.35. The Morgan fingerprint density at radius 2 is 1.66 bits per heavy atom. The van der Waals surface area contributed by atoms with Gasteiger partial charge >= 0.3 is 6.18 Å². The molecule has 3 saturated heterocycles. The van der Waals surface area contributed by atoms with Crippen molar-refractivity contribution < 1.29 is 22.9 Å². The van der Waals surface area contributed by atoms with Crippen molar-refractivity contribution in [2.24, 2.45) is 11.8 Å². The highest BCUT2D eigenvalue weighted by Gasteiger charge is 2.41. The number of alkyl halides is 3. The van der Waals surface area contributed by atoms with Crippen LogP contribution in [0.3, 0.4) is 0 Å². The van der Waals surface area contributed by atoms with E-state index in [4.69, 9.17) is 0 Å². The number of fused-ring (bicyclic) bond motifs is 1. The van der Waals surface area contributed by atoms with Crippen molar-refractivity contribution in [2.75, 3.05) is 56.0 Å². The predicted octanol–water partition coefficient (Wildman–Crippen LogP) is 5.38. The van der Waals surface area contributed by atoms with Crippen LogP contribution in [-0.2, 0) is 16.4 Å². The second-order valence-corrected chi connectivity index (χ2v) is 12.7. The molecule has 0 saturated carbocycles. The Kier molecular flexibility index (Phi) is 7.93. The average molecular weight is 574 g/mol. The van der Waals surface area contributed by atoms with Crippen molar-refractivity contribution in [2.45, 2.75) is 51.2 Å². The number of hydrogen-bond donors (Lipinski definition) is 1. The van der Waals surface area contributed by atoms with Gasteiger partial charge in [-0.1, -0.05) is 32.9 Å². The number of nitro benzene ring substituents is 1. The molecule has 5 rings (SSSR count). The van der Waals surface area contributed by atoms with Gasteiger partial charge in [0.15, 0.2) is 0 Å². The number of carbonyl (C=O) groups is 1. The molecule has 3 aliphatic heterocycles. The van der Waals surface area contributed by atoms with Gasteiger partial charge in [0.2, 0.25) is 5.91 Å². The molecule has 0 radical (unpaired) electrons. The molecule has 0 aromatic heterocycles. The van der Waals surface area contributed by atoms with Gasteiger partial charge in [-0.25, -0.2) is 0 Å². The van der Waals surface area contributed by atoms with Crippen LogP contribution in [0.2, 0.25) is 0 Å². The molecular weight excluding hydrogens is 535 g/mol. The van der Waals surface area contributed by atoms with E-state index in [1.54, 1.807) is 4.90 Å². The van der Waals surface area contributed by atoms with E-state index in [-0.39, 0.29) is 23.1 Å². The Morgan fingerprint density at radius 3 is 2.24 bits per heavy atom. The average Bonchev–Trinajstić information content (AvgIpc) is 3.62. The first-order chi connectivity index (χ1) is 19.3. The summed E-state index contributed by atoms with van der Waals surface area (Å²) in [5.41, 5.74) is 0.645. The van der Waals surface area contributed by atoms with Gasteiger partial charge in [-0.15, -0.1) is 0 Å². The Morgan fingerprint density at radius 1 is 1.00 bits per heavy atom. The minimum atomic E-state index is -4.83. The number of benzene rings is 2. The predicted molar refractivity (Wildman–Crippen MR) is 152 cm³/mol. The van der Waals surface area contributed by atoms with Crippen LogP contribution in [-0.4, -0.2) is 72.5 Å². The molecule has 3 heterocycles. The monoisotopic (exact) mass is 573 g/mol. The summed E-state index contributed by atoms with van der Waals surface area (Å²) in [5, 5.41) is 14.0. The van der Waals surface area contributed by atoms with E-state index < -0.39 is 22.4 Å². The molecular formula is C30H38F3N5O3. The highest BCUT2D eigenvalue weighted by molar-refractivity contribution is 5.77. The molecule has 0 spiro atoms. The van der Waals surface area contributed by atoms with E-state index in [1.807, 2.05) is 0 Å². The number of likely N-dealkylation sites (tertiary alicyclic amines) is 2. The smallest absolute Gasteiger partial charge is 0.380 e. The lowest BCUT2D eigenvalue weighted by molar-refractivity contribution is -0.388. The summed E-state index contributed by atoms with van der Waals surface area (Å²) in [4.78, 5) is 29.5. The number of nitrogens with one attached hydrogen (secondary N) is 1. The molecule has 0 bridgehead atoms. The van der Waals surface area contributed by atoms with E-state index in [0.717, 1.165) is 38.3 Å². The number of nitro groups is 1. The highest BCUT2D eigenvalue weighted by atomic mass is 19.4. The molecule has 222 valence electrons. The largest absolute Gasteiger partial charge is 0.423 e. The van der Waals surface area contributed by atoms with Gasteiger partial charge in [0.05, 0.1) is 4.92 Å². The molecule has 0 aliphatic carbocycles. The zero-order valence-electron chi connectivity index (χ0n) is 23.8. The second-order valence-electron chi connectivity index (χ2n) is 12.7. The number of amides is 1. The summed E-state index contributed by atoms with van der Waals surface area (Å²) in [5.74, 6) is 1.23. The highest BCUT2D eigenvalue weighted by Crippen LogP contribution is 2.38. The molecule has 8 nitrogen and oxygen atoms in total. The SMILES string of the molecule is CC(C)(C)c1ccc(N2CC3CN(CCC(=O)N4CC[C@H](Nc5ccc([N+](=O)[O-])c(C(F)(F)F)c5)C4)CC3C2)cc1. The van der Waals surface area contributed by atoms with E-state index in [0.29, 0.717) is 44.3 Å². The minimum Gasteiger partial charge on any atom is -0.380 e. The standard InChI is InChI=1S/C30H38F3N5O3/c1-29(2,3)22-4-7-25(8-5-22)37-17-20-15-35(16-21(20)18-37)12-11-28(39)36-13-10-24(19-36)34-23-6-9-27(38(40)41)26(14-23)30(31,32)33/h4-9,14,20-21,24,34H,10-13,15-19H2,1-3H3/t20?,21?,24-/m0/s1. The number of anilines is 2. The third-order valence-electron chi connectivity index (χ3n) is 8.71. The van der Waals surface area contributed by atoms with Crippen molar-refractivity contribution in [1.82, 2.24) is 9.80 Å². The van der Waals surface area contributed by atoms with Crippen LogP contribution >= 0.6 is 0 Å². The number of nitrogens with zero attached hydrogens (tertiary/aromatic N) is 4. The summed E-state index contributed by atoms with van der Waals surface area (Å²) >= 11 is 0. The summed E-state index contributed by atoms with van der Waals surface area (Å²) in [6.07, 6.45) is -3.81. The third-order valence-corrected chi connectivity index (χ3v) is 8.71. The molecule has 2 aromatic carbocycles. The minimum absolute atomic E-state index is 0.0478. The molecule has 1 N–H and O–H groups in total. The summed E-state index contributed by atoms with van der Waals surface area (Å²) in [6.45, 7) is 12.3. The number of rotatable bonds is 7. The van der Waals surface area contributed by atoms with Crippen molar-refractivity contribution in [1.29, 1.82) is 0 Å². The molecule has 3 aliphatic rings. The van der Waals surface area contributed by atoms with E-state index >= 15 is 0 Å². The van der Waals surface area contributed by atoms with E-state index in [9.17, 15) is 28.1 Å². The van der Waals surface area contributed by atoms with Gasteiger partial charge in [0, 0.05) is 75.7 Å². The number of hydrogen-bond acceptors (Lipinski definition) is 6. The van der Waals surface area contributed by atoms with E-state index in [1.165, 1.54) is 17.3 Å². The second kappa shape index (κ2) is 11.2. The topological polar surface area (TPSA) is 82.0 Å². The Labute approximate surface area is 238 Å². The first-order valence-electron chi connectivity index (χ1n) is 14.3. The van der Waals surface area contributed by atoms with Crippen LogP contribution in [0.1, 0.15) is 44.7 Å². The number of halogens is 3. The molecule has 41 heavy (non-hydrogen) atoms. The van der Waals surface area contributed by atoms with Gasteiger partial charge < -0.3 is 20.0 Å².